The molecule has 1 aromatic heterocycles. The Morgan fingerprint density at radius 3 is 2.74 bits per heavy atom. The molecule has 0 aromatic carbocycles. The SMILES string of the molecule is Cc1csc(=O)n1CC(=O)NCCOCC(F)(F)F. The maximum atomic E-state index is 11.7. The molecule has 9 heteroatoms. The number of aryl methyl sites for hydroxylation is 1. The van der Waals surface area contributed by atoms with Gasteiger partial charge in [0.2, 0.25) is 5.91 Å². The van der Waals surface area contributed by atoms with Crippen LogP contribution in [0.25, 0.3) is 0 Å². The van der Waals surface area contributed by atoms with Gasteiger partial charge in [-0.05, 0) is 6.92 Å². The highest BCUT2D eigenvalue weighted by Gasteiger charge is 2.27. The van der Waals surface area contributed by atoms with Gasteiger partial charge in [0.1, 0.15) is 13.2 Å². The molecule has 0 aliphatic heterocycles. The van der Waals surface area contributed by atoms with Crippen LogP contribution >= 0.6 is 11.3 Å². The Kier molecular flexibility index (Phi) is 5.55. The molecule has 0 atom stereocenters. The number of nitrogens with one attached hydrogen (secondary N) is 1. The fourth-order valence-electron chi connectivity index (χ4n) is 1.25. The Morgan fingerprint density at radius 2 is 2.21 bits per heavy atom. The zero-order valence-electron chi connectivity index (χ0n) is 10.1. The molecule has 1 amide bonds. The number of hydrogen-bond donors (Lipinski definition) is 1. The average molecular weight is 298 g/mol. The predicted molar refractivity (Wildman–Crippen MR) is 63.2 cm³/mol. The van der Waals surface area contributed by atoms with E-state index in [-0.39, 0.29) is 24.6 Å². The lowest BCUT2D eigenvalue weighted by Crippen LogP contribution is -2.33. The molecular weight excluding hydrogens is 285 g/mol. The smallest absolute Gasteiger partial charge is 0.370 e. The minimum atomic E-state index is -4.37. The van der Waals surface area contributed by atoms with Gasteiger partial charge in [-0.3, -0.25) is 14.2 Å². The highest BCUT2D eigenvalue weighted by molar-refractivity contribution is 7.07. The lowest BCUT2D eigenvalue weighted by molar-refractivity contribution is -0.173. The molecule has 1 aromatic rings. The molecule has 1 N–H and O–H groups in total. The Morgan fingerprint density at radius 1 is 1.53 bits per heavy atom. The first-order valence-electron chi connectivity index (χ1n) is 5.36. The van der Waals surface area contributed by atoms with Gasteiger partial charge in [-0.25, -0.2) is 0 Å². The first-order chi connectivity index (χ1) is 8.79. The van der Waals surface area contributed by atoms with E-state index < -0.39 is 18.7 Å². The minimum Gasteiger partial charge on any atom is -0.370 e. The number of hydrogen-bond acceptors (Lipinski definition) is 4. The summed E-state index contributed by atoms with van der Waals surface area (Å²) in [7, 11) is 0. The van der Waals surface area contributed by atoms with E-state index in [0.29, 0.717) is 5.69 Å². The van der Waals surface area contributed by atoms with Gasteiger partial charge in [0, 0.05) is 17.6 Å². The average Bonchev–Trinajstić information content (AvgIpc) is 2.59. The Bertz CT molecular complexity index is 481. The molecule has 0 aliphatic rings. The van der Waals surface area contributed by atoms with Crippen molar-refractivity contribution in [3.05, 3.63) is 20.7 Å². The van der Waals surface area contributed by atoms with E-state index in [0.717, 1.165) is 11.3 Å². The normalized spacial score (nSPS) is 11.6. The first-order valence-corrected chi connectivity index (χ1v) is 6.23. The second-order valence-electron chi connectivity index (χ2n) is 3.75. The lowest BCUT2D eigenvalue weighted by Gasteiger charge is -2.09. The molecule has 0 saturated carbocycles. The van der Waals surface area contributed by atoms with Crippen molar-refractivity contribution in [2.75, 3.05) is 19.8 Å². The van der Waals surface area contributed by atoms with Crippen molar-refractivity contribution in [3.8, 4) is 0 Å². The number of amides is 1. The van der Waals surface area contributed by atoms with Gasteiger partial charge >= 0.3 is 11.0 Å². The largest absolute Gasteiger partial charge is 0.411 e. The standard InChI is InChI=1S/C10H13F3N2O3S/c1-7-5-19-9(17)15(7)4-8(16)14-2-3-18-6-10(11,12)13/h5H,2-4,6H2,1H3,(H,14,16). The molecule has 1 heterocycles. The summed E-state index contributed by atoms with van der Waals surface area (Å²) in [5.41, 5.74) is 0.665. The summed E-state index contributed by atoms with van der Waals surface area (Å²) in [6, 6.07) is 0. The maximum Gasteiger partial charge on any atom is 0.411 e. The molecule has 0 aliphatic carbocycles. The molecule has 19 heavy (non-hydrogen) atoms. The number of nitrogens with zero attached hydrogens (tertiary/aromatic N) is 1. The van der Waals surface area contributed by atoms with E-state index in [9.17, 15) is 22.8 Å². The van der Waals surface area contributed by atoms with Crippen LogP contribution in [0.1, 0.15) is 5.69 Å². The van der Waals surface area contributed by atoms with Crippen molar-refractivity contribution in [3.63, 3.8) is 0 Å². The third kappa shape index (κ3) is 5.88. The summed E-state index contributed by atoms with van der Waals surface area (Å²) in [5, 5.41) is 4.00. The van der Waals surface area contributed by atoms with E-state index in [2.05, 4.69) is 10.1 Å². The number of rotatable bonds is 6. The summed E-state index contributed by atoms with van der Waals surface area (Å²) in [4.78, 5) is 22.5. The van der Waals surface area contributed by atoms with Crippen LogP contribution in [0.2, 0.25) is 0 Å². The number of carbonyl (C=O) groups is 1. The number of thiazole rings is 1. The number of carbonyl (C=O) groups excluding carboxylic acids is 1. The summed E-state index contributed by atoms with van der Waals surface area (Å²) < 4.78 is 40.8. The van der Waals surface area contributed by atoms with Crippen LogP contribution in [0.3, 0.4) is 0 Å². The van der Waals surface area contributed by atoms with Crippen LogP contribution < -0.4 is 10.2 Å². The number of ether oxygens (including phenoxy) is 1. The highest BCUT2D eigenvalue weighted by Crippen LogP contribution is 2.13. The van der Waals surface area contributed by atoms with E-state index in [1.807, 2.05) is 0 Å². The molecule has 0 unspecified atom stereocenters. The summed E-state index contributed by atoms with van der Waals surface area (Å²) >= 11 is 0.985. The van der Waals surface area contributed by atoms with Gasteiger partial charge in [-0.15, -0.1) is 0 Å². The van der Waals surface area contributed by atoms with E-state index in [4.69, 9.17) is 0 Å². The topological polar surface area (TPSA) is 60.3 Å². The molecule has 0 saturated heterocycles. The minimum absolute atomic E-state index is 0.0349. The van der Waals surface area contributed by atoms with Crippen LogP contribution in [0.5, 0.6) is 0 Å². The molecule has 108 valence electrons. The Labute approximate surface area is 111 Å². The van der Waals surface area contributed by atoms with Gasteiger partial charge in [0.25, 0.3) is 0 Å². The van der Waals surface area contributed by atoms with Crippen LogP contribution in [-0.2, 0) is 16.1 Å². The fourth-order valence-corrected chi connectivity index (χ4v) is 1.98. The van der Waals surface area contributed by atoms with Crippen LogP contribution in [0.4, 0.5) is 13.2 Å². The van der Waals surface area contributed by atoms with Crippen molar-refractivity contribution in [1.29, 1.82) is 0 Å². The van der Waals surface area contributed by atoms with Crippen LogP contribution in [-0.4, -0.2) is 36.4 Å². The second kappa shape index (κ2) is 6.71. The van der Waals surface area contributed by atoms with Gasteiger partial charge in [-0.2, -0.15) is 13.2 Å². The quantitative estimate of drug-likeness (QED) is 0.794. The number of halogens is 3. The van der Waals surface area contributed by atoms with E-state index >= 15 is 0 Å². The maximum absolute atomic E-state index is 11.7. The Hall–Kier alpha value is -1.35. The molecule has 1 rings (SSSR count). The van der Waals surface area contributed by atoms with Crippen molar-refractivity contribution in [2.24, 2.45) is 0 Å². The number of alkyl halides is 3. The van der Waals surface area contributed by atoms with E-state index in [1.165, 1.54) is 4.57 Å². The fraction of sp³-hybridized carbons (Fsp3) is 0.600. The van der Waals surface area contributed by atoms with Crippen LogP contribution in [0.15, 0.2) is 10.2 Å². The lowest BCUT2D eigenvalue weighted by atomic mass is 10.5. The Balaban J connectivity index is 2.24. The first kappa shape index (κ1) is 15.7. The molecule has 0 bridgehead atoms. The van der Waals surface area contributed by atoms with Crippen molar-refractivity contribution in [1.82, 2.24) is 9.88 Å². The monoisotopic (exact) mass is 298 g/mol. The molecule has 5 nitrogen and oxygen atoms in total. The third-order valence-corrected chi connectivity index (χ3v) is 2.99. The number of aromatic nitrogens is 1. The second-order valence-corrected chi connectivity index (χ2v) is 4.57. The zero-order valence-corrected chi connectivity index (χ0v) is 10.9. The van der Waals surface area contributed by atoms with Crippen LogP contribution in [0, 0.1) is 6.92 Å². The highest BCUT2D eigenvalue weighted by atomic mass is 32.1. The van der Waals surface area contributed by atoms with Gasteiger partial charge in [0.05, 0.1) is 6.61 Å². The molecule has 0 spiro atoms. The molecule has 0 radical (unpaired) electrons. The summed E-state index contributed by atoms with van der Waals surface area (Å²) in [6.45, 7) is -0.0629. The summed E-state index contributed by atoms with van der Waals surface area (Å²) in [5.74, 6) is -0.445. The molecular formula is C10H13F3N2O3S. The van der Waals surface area contributed by atoms with Gasteiger partial charge < -0.3 is 10.1 Å². The molecule has 0 fully saturated rings. The van der Waals surface area contributed by atoms with Gasteiger partial charge in [0.15, 0.2) is 0 Å². The summed E-state index contributed by atoms with van der Waals surface area (Å²) in [6.07, 6.45) is -4.37. The zero-order chi connectivity index (χ0) is 14.5. The van der Waals surface area contributed by atoms with Crippen molar-refractivity contribution in [2.45, 2.75) is 19.6 Å². The third-order valence-electron chi connectivity index (χ3n) is 2.11. The van der Waals surface area contributed by atoms with Crippen molar-refractivity contribution < 1.29 is 22.7 Å². The van der Waals surface area contributed by atoms with Gasteiger partial charge in [-0.1, -0.05) is 11.3 Å². The van der Waals surface area contributed by atoms with E-state index in [1.54, 1.807) is 12.3 Å². The van der Waals surface area contributed by atoms with Crippen molar-refractivity contribution >= 4 is 17.2 Å². The predicted octanol–water partition coefficient (Wildman–Crippen LogP) is 0.913.